The van der Waals surface area contributed by atoms with Crippen LogP contribution < -0.4 is 4.90 Å². The van der Waals surface area contributed by atoms with Crippen LogP contribution in [0.3, 0.4) is 0 Å². The fourth-order valence-electron chi connectivity index (χ4n) is 7.06. The lowest BCUT2D eigenvalue weighted by Crippen LogP contribution is -2.22. The van der Waals surface area contributed by atoms with Crippen LogP contribution in [-0.4, -0.2) is 48.2 Å². The Balaban J connectivity index is 1.48. The number of hydrogen-bond acceptors (Lipinski definition) is 4. The molecule has 0 radical (unpaired) electrons. The summed E-state index contributed by atoms with van der Waals surface area (Å²) in [4.78, 5) is 27.6. The second kappa shape index (κ2) is 10.2. The molecule has 0 spiro atoms. The van der Waals surface area contributed by atoms with Gasteiger partial charge in [0.1, 0.15) is 0 Å². The number of anilines is 1. The molecule has 0 aromatic heterocycles. The molecule has 1 aliphatic heterocycles. The average molecular weight is 565 g/mol. The molecule has 42 heavy (non-hydrogen) atoms. The number of hydrogen-bond donors (Lipinski definition) is 2. The molecule has 5 rings (SSSR count). The lowest BCUT2D eigenvalue weighted by atomic mass is 9.80. The van der Waals surface area contributed by atoms with Gasteiger partial charge in [-0.1, -0.05) is 52.0 Å². The van der Waals surface area contributed by atoms with Crippen molar-refractivity contribution >= 4 is 23.2 Å². The zero-order chi connectivity index (χ0) is 30.7. The van der Waals surface area contributed by atoms with E-state index in [2.05, 4.69) is 82.8 Å². The van der Waals surface area contributed by atoms with E-state index in [9.17, 15) is 19.8 Å². The molecular formula is C36H40N2O4. The van der Waals surface area contributed by atoms with E-state index in [0.29, 0.717) is 11.1 Å². The standard InChI is InChI=1S/C36H40N2O4/c1-21-26-15-11-24(33(39)40)19-28(26)35(2,3)27(21)16-12-22-9-10-23(32(22)37(6)7)14-18-31-36(4,5)29-20-25(34(41)42)13-17-30(29)38(31)8/h11-20H,9-10H2,1-8H3,(H,39,40)(H,41,42)/b16-12+,23-14?,31-18+. The van der Waals surface area contributed by atoms with Crippen molar-refractivity contribution < 1.29 is 19.8 Å². The Morgan fingerprint density at radius 3 is 2.10 bits per heavy atom. The molecule has 6 heteroatoms. The zero-order valence-electron chi connectivity index (χ0n) is 25.8. The normalized spacial score (nSPS) is 20.7. The third kappa shape index (κ3) is 4.59. The number of nitrogens with zero attached hydrogens (tertiary/aromatic N) is 2. The molecule has 0 saturated heterocycles. The van der Waals surface area contributed by atoms with Crippen molar-refractivity contribution in [2.45, 2.75) is 58.3 Å². The summed E-state index contributed by atoms with van der Waals surface area (Å²) in [6.07, 6.45) is 10.7. The number of likely N-dealkylation sites (N-methyl/N-ethyl adjacent to an activating group) is 2. The summed E-state index contributed by atoms with van der Waals surface area (Å²) in [7, 11) is 6.20. The van der Waals surface area contributed by atoms with E-state index >= 15 is 0 Å². The van der Waals surface area contributed by atoms with Gasteiger partial charge in [-0.3, -0.25) is 0 Å². The Morgan fingerprint density at radius 2 is 1.48 bits per heavy atom. The molecule has 0 saturated carbocycles. The topological polar surface area (TPSA) is 81.1 Å². The molecule has 2 N–H and O–H groups in total. The highest BCUT2D eigenvalue weighted by atomic mass is 16.4. The Bertz CT molecular complexity index is 1680. The van der Waals surface area contributed by atoms with Crippen molar-refractivity contribution in [2.24, 2.45) is 0 Å². The summed E-state index contributed by atoms with van der Waals surface area (Å²) in [6.45, 7) is 10.7. The van der Waals surface area contributed by atoms with E-state index in [4.69, 9.17) is 0 Å². The Kier molecular flexibility index (Phi) is 7.08. The maximum absolute atomic E-state index is 11.6. The van der Waals surface area contributed by atoms with Crippen molar-refractivity contribution in [1.82, 2.24) is 4.90 Å². The van der Waals surface area contributed by atoms with Gasteiger partial charge in [0.15, 0.2) is 0 Å². The lowest BCUT2D eigenvalue weighted by molar-refractivity contribution is 0.0686. The number of fused-ring (bicyclic) bond motifs is 2. The fourth-order valence-corrected chi connectivity index (χ4v) is 7.06. The Morgan fingerprint density at radius 1 is 0.857 bits per heavy atom. The van der Waals surface area contributed by atoms with Crippen molar-refractivity contribution in [3.63, 3.8) is 0 Å². The average Bonchev–Trinajstić information content (AvgIpc) is 3.48. The summed E-state index contributed by atoms with van der Waals surface area (Å²) >= 11 is 0. The Hall–Kier alpha value is -4.32. The third-order valence-electron chi connectivity index (χ3n) is 9.31. The number of benzene rings is 2. The van der Waals surface area contributed by atoms with Gasteiger partial charge >= 0.3 is 11.9 Å². The van der Waals surface area contributed by atoms with Crippen LogP contribution in [0.1, 0.15) is 84.9 Å². The van der Waals surface area contributed by atoms with Gasteiger partial charge in [0.25, 0.3) is 0 Å². The highest BCUT2D eigenvalue weighted by Gasteiger charge is 2.39. The molecule has 3 aliphatic rings. The van der Waals surface area contributed by atoms with Crippen LogP contribution in [0.15, 0.2) is 88.8 Å². The molecule has 6 nitrogen and oxygen atoms in total. The second-order valence-electron chi connectivity index (χ2n) is 12.8. The Labute approximate surface area is 248 Å². The number of carbonyl (C=O) groups is 2. The predicted molar refractivity (Wildman–Crippen MR) is 169 cm³/mol. The fraction of sp³-hybridized carbons (Fsp3) is 0.333. The SMILES string of the molecule is CC1=C(/C=C/C2=C(N(C)C)C(=C/C=C3/N(C)c4ccc(C(=O)O)cc4C3(C)C)CC2)C(C)(C)c2cc(C(=O)O)ccc21. The van der Waals surface area contributed by atoms with Gasteiger partial charge in [-0.05, 0) is 95.2 Å². The number of aromatic carboxylic acids is 2. The van der Waals surface area contributed by atoms with Crippen LogP contribution in [0.25, 0.3) is 5.57 Å². The maximum atomic E-state index is 11.6. The zero-order valence-corrected chi connectivity index (χ0v) is 25.8. The van der Waals surface area contributed by atoms with Crippen LogP contribution in [0.5, 0.6) is 0 Å². The van der Waals surface area contributed by atoms with Gasteiger partial charge in [0.2, 0.25) is 0 Å². The summed E-state index contributed by atoms with van der Waals surface area (Å²) in [5.41, 5.74) is 11.5. The van der Waals surface area contributed by atoms with Gasteiger partial charge in [0, 0.05) is 49.1 Å². The molecular weight excluding hydrogens is 524 g/mol. The largest absolute Gasteiger partial charge is 0.478 e. The van der Waals surface area contributed by atoms with Crippen LogP contribution in [0.2, 0.25) is 0 Å². The van der Waals surface area contributed by atoms with Crippen LogP contribution in [0.4, 0.5) is 5.69 Å². The smallest absolute Gasteiger partial charge is 0.335 e. The van der Waals surface area contributed by atoms with E-state index in [1.54, 1.807) is 18.2 Å². The van der Waals surface area contributed by atoms with Crippen LogP contribution in [0, 0.1) is 0 Å². The van der Waals surface area contributed by atoms with Crippen molar-refractivity contribution in [3.05, 3.63) is 117 Å². The first-order chi connectivity index (χ1) is 19.7. The minimum absolute atomic E-state index is 0.296. The lowest BCUT2D eigenvalue weighted by Gasteiger charge is -2.24. The number of allylic oxidation sites excluding steroid dienone is 9. The highest BCUT2D eigenvalue weighted by Crippen LogP contribution is 2.49. The summed E-state index contributed by atoms with van der Waals surface area (Å²) in [5, 5.41) is 19.1. The third-order valence-corrected chi connectivity index (χ3v) is 9.31. The van der Waals surface area contributed by atoms with E-state index in [1.807, 2.05) is 25.2 Å². The maximum Gasteiger partial charge on any atom is 0.335 e. The van der Waals surface area contributed by atoms with E-state index in [-0.39, 0.29) is 10.8 Å². The van der Waals surface area contributed by atoms with E-state index in [0.717, 1.165) is 40.9 Å². The first kappa shape index (κ1) is 29.2. The van der Waals surface area contributed by atoms with Crippen molar-refractivity contribution in [2.75, 3.05) is 26.0 Å². The second-order valence-corrected chi connectivity index (χ2v) is 12.8. The number of rotatable bonds is 6. The molecule has 0 unspecified atom stereocenters. The number of carboxylic acid groups (broad SMARTS) is 2. The monoisotopic (exact) mass is 564 g/mol. The molecule has 2 aliphatic carbocycles. The molecule has 2 aromatic carbocycles. The molecule has 2 aromatic rings. The van der Waals surface area contributed by atoms with Gasteiger partial charge < -0.3 is 20.0 Å². The quantitative estimate of drug-likeness (QED) is 0.377. The molecule has 0 bridgehead atoms. The molecule has 0 atom stereocenters. The van der Waals surface area contributed by atoms with Crippen LogP contribution >= 0.6 is 0 Å². The summed E-state index contributed by atoms with van der Waals surface area (Å²) in [6, 6.07) is 10.8. The molecule has 0 fully saturated rings. The van der Waals surface area contributed by atoms with Gasteiger partial charge in [-0.25, -0.2) is 9.59 Å². The highest BCUT2D eigenvalue weighted by molar-refractivity contribution is 5.91. The van der Waals surface area contributed by atoms with E-state index in [1.165, 1.54) is 28.0 Å². The summed E-state index contributed by atoms with van der Waals surface area (Å²) in [5.74, 6) is -1.82. The minimum atomic E-state index is -0.913. The predicted octanol–water partition coefficient (Wildman–Crippen LogP) is 7.55. The first-order valence-electron chi connectivity index (χ1n) is 14.4. The van der Waals surface area contributed by atoms with Gasteiger partial charge in [-0.15, -0.1) is 0 Å². The van der Waals surface area contributed by atoms with Gasteiger partial charge in [0.05, 0.1) is 11.1 Å². The molecule has 1 heterocycles. The van der Waals surface area contributed by atoms with E-state index < -0.39 is 11.9 Å². The summed E-state index contributed by atoms with van der Waals surface area (Å²) < 4.78 is 0. The molecule has 0 amide bonds. The van der Waals surface area contributed by atoms with Crippen molar-refractivity contribution in [1.29, 1.82) is 0 Å². The van der Waals surface area contributed by atoms with Gasteiger partial charge in [-0.2, -0.15) is 0 Å². The first-order valence-corrected chi connectivity index (χ1v) is 14.4. The van der Waals surface area contributed by atoms with Crippen molar-refractivity contribution in [3.8, 4) is 0 Å². The number of carboxylic acids is 2. The molecule has 218 valence electrons. The minimum Gasteiger partial charge on any atom is -0.478 e. The van der Waals surface area contributed by atoms with Crippen LogP contribution in [-0.2, 0) is 10.8 Å².